The van der Waals surface area contributed by atoms with Gasteiger partial charge in [-0.25, -0.2) is 0 Å². The smallest absolute Gasteiger partial charge is 0.270 e. The number of benzene rings is 2. The van der Waals surface area contributed by atoms with E-state index < -0.39 is 6.08 Å². The summed E-state index contributed by atoms with van der Waals surface area (Å²) >= 11 is 0. The molecule has 2 aromatic carbocycles. The van der Waals surface area contributed by atoms with E-state index in [9.17, 15) is 13.9 Å². The van der Waals surface area contributed by atoms with Crippen LogP contribution < -0.4 is 4.74 Å². The molecule has 3 aliphatic carbocycles. The van der Waals surface area contributed by atoms with E-state index in [0.29, 0.717) is 42.3 Å². The number of rotatable bonds is 7. The van der Waals surface area contributed by atoms with Crippen LogP contribution in [0.25, 0.3) is 0 Å². The number of halogens is 2. The first-order valence-corrected chi connectivity index (χ1v) is 13.0. The molecule has 0 saturated heterocycles. The molecule has 182 valence electrons. The van der Waals surface area contributed by atoms with Crippen molar-refractivity contribution in [2.45, 2.75) is 70.8 Å². The van der Waals surface area contributed by atoms with Gasteiger partial charge in [0.2, 0.25) is 0 Å². The highest BCUT2D eigenvalue weighted by Gasteiger charge is 2.57. The van der Waals surface area contributed by atoms with E-state index in [-0.39, 0.29) is 12.0 Å². The number of aliphatic hydroxyl groups is 1. The van der Waals surface area contributed by atoms with E-state index in [1.54, 1.807) is 0 Å². The summed E-state index contributed by atoms with van der Waals surface area (Å²) in [6.07, 6.45) is 5.61. The molecule has 34 heavy (non-hydrogen) atoms. The van der Waals surface area contributed by atoms with Crippen molar-refractivity contribution in [2.75, 3.05) is 6.61 Å². The van der Waals surface area contributed by atoms with Crippen molar-refractivity contribution in [2.24, 2.45) is 23.2 Å². The van der Waals surface area contributed by atoms with E-state index in [4.69, 9.17) is 4.74 Å². The Morgan fingerprint density at radius 1 is 1.09 bits per heavy atom. The zero-order chi connectivity index (χ0) is 23.7. The largest absolute Gasteiger partial charge is 0.489 e. The highest BCUT2D eigenvalue weighted by molar-refractivity contribution is 5.42. The van der Waals surface area contributed by atoms with Crippen LogP contribution in [0.15, 0.2) is 60.2 Å². The van der Waals surface area contributed by atoms with Gasteiger partial charge in [-0.15, -0.1) is 0 Å². The van der Waals surface area contributed by atoms with E-state index in [1.807, 2.05) is 18.2 Å². The van der Waals surface area contributed by atoms with E-state index in [2.05, 4.69) is 37.3 Å². The summed E-state index contributed by atoms with van der Waals surface area (Å²) in [6.45, 7) is 2.86. The summed E-state index contributed by atoms with van der Waals surface area (Å²) in [7, 11) is 0. The third-order valence-corrected chi connectivity index (χ3v) is 9.07. The lowest BCUT2D eigenvalue weighted by Gasteiger charge is -2.51. The summed E-state index contributed by atoms with van der Waals surface area (Å²) in [5.41, 5.74) is 4.00. The van der Waals surface area contributed by atoms with Crippen molar-refractivity contribution < 1.29 is 18.6 Å². The first-order chi connectivity index (χ1) is 16.5. The normalized spacial score (nSPS) is 29.8. The fraction of sp³-hybridized carbons (Fsp3) is 0.533. The predicted octanol–water partition coefficient (Wildman–Crippen LogP) is 7.66. The maximum atomic E-state index is 14.0. The molecule has 0 aliphatic heterocycles. The Morgan fingerprint density at radius 2 is 1.91 bits per heavy atom. The van der Waals surface area contributed by atoms with Crippen molar-refractivity contribution in [3.63, 3.8) is 0 Å². The van der Waals surface area contributed by atoms with Crippen LogP contribution in [-0.2, 0) is 13.0 Å². The molecule has 3 aliphatic rings. The lowest BCUT2D eigenvalue weighted by atomic mass is 9.53. The Hall–Kier alpha value is -2.20. The first kappa shape index (κ1) is 23.5. The maximum absolute atomic E-state index is 14.0. The van der Waals surface area contributed by atoms with Gasteiger partial charge in [-0.2, -0.15) is 8.78 Å². The quantitative estimate of drug-likeness (QED) is 0.425. The molecule has 0 bridgehead atoms. The molecule has 2 nitrogen and oxygen atoms in total. The average Bonchev–Trinajstić information content (AvgIpc) is 3.16. The monoisotopic (exact) mass is 466 g/mol. The number of ether oxygens (including phenoxy) is 1. The van der Waals surface area contributed by atoms with Crippen LogP contribution in [-0.4, -0.2) is 11.7 Å². The summed E-state index contributed by atoms with van der Waals surface area (Å²) in [6, 6.07) is 16.8. The standard InChI is InChI=1S/C30H36F2O2/c1-30-15-14-25-24-13-11-23(34-19-20-7-3-2-4-8-20)17-21(24)10-12-26(25)28(30)22(9-5-6-16-33)18-27(30)29(31)32/h2-4,7-8,11,13,17,22,25-26,28,33H,5-6,9-10,12,14-16,18-19H2,1H3/t22-,25-,26-,28+,30-/m1/s1. The molecule has 5 rings (SSSR count). The minimum Gasteiger partial charge on any atom is -0.489 e. The number of unbranched alkanes of at least 4 members (excludes halogenated alkanes) is 1. The fourth-order valence-corrected chi connectivity index (χ4v) is 7.58. The third-order valence-electron chi connectivity index (χ3n) is 9.07. The number of allylic oxidation sites excluding steroid dienone is 1. The molecule has 5 atom stereocenters. The van der Waals surface area contributed by atoms with Crippen molar-refractivity contribution in [3.05, 3.63) is 76.9 Å². The molecule has 2 aromatic rings. The Kier molecular flexibility index (Phi) is 6.79. The van der Waals surface area contributed by atoms with E-state index >= 15 is 0 Å². The van der Waals surface area contributed by atoms with Crippen LogP contribution >= 0.6 is 0 Å². The van der Waals surface area contributed by atoms with Gasteiger partial charge in [0, 0.05) is 12.2 Å². The number of aryl methyl sites for hydroxylation is 1. The SMILES string of the molecule is C[C@]12CC[C@@H]3c4ccc(OCc5ccccc5)cc4CC[C@H]3[C@@H]1[C@H](CCCCO)CC2=C(F)F. The Bertz CT molecular complexity index is 1030. The second-order valence-corrected chi connectivity index (χ2v) is 10.8. The van der Waals surface area contributed by atoms with Crippen LogP contribution in [0.3, 0.4) is 0 Å². The fourth-order valence-electron chi connectivity index (χ4n) is 7.58. The van der Waals surface area contributed by atoms with Crippen LogP contribution in [0.4, 0.5) is 8.78 Å². The highest BCUT2D eigenvalue weighted by atomic mass is 19.3. The highest BCUT2D eigenvalue weighted by Crippen LogP contribution is 2.66. The Labute approximate surface area is 202 Å². The number of aliphatic hydroxyl groups excluding tert-OH is 1. The van der Waals surface area contributed by atoms with Crippen molar-refractivity contribution >= 4 is 0 Å². The topological polar surface area (TPSA) is 29.5 Å². The summed E-state index contributed by atoms with van der Waals surface area (Å²) in [5.74, 6) is 2.43. The van der Waals surface area contributed by atoms with Crippen LogP contribution in [0.1, 0.15) is 74.5 Å². The molecule has 0 spiro atoms. The molecule has 0 unspecified atom stereocenters. The first-order valence-electron chi connectivity index (χ1n) is 13.0. The van der Waals surface area contributed by atoms with Crippen LogP contribution in [0, 0.1) is 23.2 Å². The molecule has 1 N–H and O–H groups in total. The zero-order valence-electron chi connectivity index (χ0n) is 20.1. The maximum Gasteiger partial charge on any atom is 0.270 e. The molecule has 2 saturated carbocycles. The summed E-state index contributed by atoms with van der Waals surface area (Å²) in [5, 5.41) is 9.25. The molecule has 0 aromatic heterocycles. The Morgan fingerprint density at radius 3 is 2.68 bits per heavy atom. The van der Waals surface area contributed by atoms with Gasteiger partial charge in [-0.1, -0.05) is 49.7 Å². The van der Waals surface area contributed by atoms with Gasteiger partial charge in [0.15, 0.2) is 0 Å². The lowest BCUT2D eigenvalue weighted by molar-refractivity contribution is 0.0446. The minimum atomic E-state index is -1.44. The number of fused-ring (bicyclic) bond motifs is 5. The molecular weight excluding hydrogens is 430 g/mol. The van der Waals surface area contributed by atoms with Crippen LogP contribution in [0.2, 0.25) is 0 Å². The average molecular weight is 467 g/mol. The van der Waals surface area contributed by atoms with Gasteiger partial charge in [-0.3, -0.25) is 0 Å². The second-order valence-electron chi connectivity index (χ2n) is 10.8. The molecule has 0 radical (unpaired) electrons. The molecule has 4 heteroatoms. The van der Waals surface area contributed by atoms with Gasteiger partial charge in [0.05, 0.1) is 0 Å². The second kappa shape index (κ2) is 9.81. The zero-order valence-corrected chi connectivity index (χ0v) is 20.1. The van der Waals surface area contributed by atoms with Crippen LogP contribution in [0.5, 0.6) is 5.75 Å². The molecular formula is C30H36F2O2. The molecule has 0 heterocycles. The predicted molar refractivity (Wildman–Crippen MR) is 131 cm³/mol. The summed E-state index contributed by atoms with van der Waals surface area (Å²) in [4.78, 5) is 0. The van der Waals surface area contributed by atoms with E-state index in [0.717, 1.165) is 56.3 Å². The van der Waals surface area contributed by atoms with Gasteiger partial charge in [0.25, 0.3) is 6.08 Å². The van der Waals surface area contributed by atoms with Gasteiger partial charge >= 0.3 is 0 Å². The third kappa shape index (κ3) is 4.30. The van der Waals surface area contributed by atoms with E-state index in [1.165, 1.54) is 11.1 Å². The molecule has 0 amide bonds. The van der Waals surface area contributed by atoms with Crippen molar-refractivity contribution in [1.29, 1.82) is 0 Å². The lowest BCUT2D eigenvalue weighted by Crippen LogP contribution is -2.42. The van der Waals surface area contributed by atoms with Gasteiger partial charge < -0.3 is 9.84 Å². The number of hydrogen-bond acceptors (Lipinski definition) is 2. The number of hydrogen-bond donors (Lipinski definition) is 1. The molecule has 2 fully saturated rings. The van der Waals surface area contributed by atoms with Gasteiger partial charge in [0.1, 0.15) is 12.4 Å². The Balaban J connectivity index is 1.37. The van der Waals surface area contributed by atoms with Crippen molar-refractivity contribution in [1.82, 2.24) is 0 Å². The summed E-state index contributed by atoms with van der Waals surface area (Å²) < 4.78 is 34.2. The van der Waals surface area contributed by atoms with Gasteiger partial charge in [-0.05, 0) is 103 Å². The van der Waals surface area contributed by atoms with Crippen molar-refractivity contribution in [3.8, 4) is 5.75 Å². The minimum absolute atomic E-state index is 0.183.